The Balaban J connectivity index is 1.76. The highest BCUT2D eigenvalue weighted by molar-refractivity contribution is 7.95. The molecule has 1 N–H and O–H groups in total. The molecule has 1 fully saturated rings. The lowest BCUT2D eigenvalue weighted by Crippen LogP contribution is -2.40. The Hall–Kier alpha value is -2.64. The first kappa shape index (κ1) is 21.1. The lowest BCUT2D eigenvalue weighted by Gasteiger charge is -2.27. The Morgan fingerprint density at radius 1 is 1.07 bits per heavy atom. The fraction of sp³-hybridized carbons (Fsp3) is 0.318. The van der Waals surface area contributed by atoms with Gasteiger partial charge in [0.1, 0.15) is 0 Å². The first-order valence-electron chi connectivity index (χ1n) is 9.51. The van der Waals surface area contributed by atoms with Crippen molar-refractivity contribution >= 4 is 27.7 Å². The third kappa shape index (κ3) is 5.46. The van der Waals surface area contributed by atoms with Crippen molar-refractivity contribution in [3.63, 3.8) is 0 Å². The summed E-state index contributed by atoms with van der Waals surface area (Å²) in [6.45, 7) is 8.03. The quantitative estimate of drug-likeness (QED) is 0.813. The number of sulfonamides is 1. The summed E-state index contributed by atoms with van der Waals surface area (Å²) in [6, 6.07) is 10.6. The van der Waals surface area contributed by atoms with Crippen LogP contribution in [0.15, 0.2) is 41.8 Å². The highest BCUT2D eigenvalue weighted by atomic mass is 32.2. The smallest absolute Gasteiger partial charge is 0.255 e. The maximum Gasteiger partial charge on any atom is 0.255 e. The monoisotopic (exact) mass is 414 g/mol. The van der Waals surface area contributed by atoms with E-state index in [1.165, 1.54) is 0 Å². The minimum absolute atomic E-state index is 0.129. The number of hydrogen-bond acceptors (Lipinski definition) is 4. The topological polar surface area (TPSA) is 75.7 Å². The molecule has 0 bridgehead atoms. The summed E-state index contributed by atoms with van der Waals surface area (Å²) in [4.78, 5) is 14.3. The van der Waals surface area contributed by atoms with E-state index in [2.05, 4.69) is 4.72 Å². The average Bonchev–Trinajstić information content (AvgIpc) is 2.67. The van der Waals surface area contributed by atoms with Crippen LogP contribution < -0.4 is 4.72 Å². The molecule has 1 heterocycles. The lowest BCUT2D eigenvalue weighted by molar-refractivity contribution is 0.0303. The molecule has 0 radical (unpaired) electrons. The number of ether oxygens (including phenoxy) is 1. The number of nitrogens with zero attached hydrogens (tertiary/aromatic N) is 1. The normalized spacial score (nSPS) is 14.9. The standard InChI is InChI=1S/C22H26N2O4S/c1-16-13-17(2)21(18(3)14-16)7-12-29(26,27)23-20-6-4-5-19(15-20)22(25)24-8-10-28-11-9-24/h4-7,12-15,23H,8-11H2,1-3H3. The van der Waals surface area contributed by atoms with Crippen LogP contribution in [0.25, 0.3) is 6.08 Å². The van der Waals surface area contributed by atoms with Crippen molar-refractivity contribution in [1.29, 1.82) is 0 Å². The van der Waals surface area contributed by atoms with Crippen molar-refractivity contribution in [3.8, 4) is 0 Å². The molecule has 3 rings (SSSR count). The Labute approximate surface area is 172 Å². The Morgan fingerprint density at radius 3 is 2.38 bits per heavy atom. The molecule has 2 aromatic rings. The largest absolute Gasteiger partial charge is 0.378 e. The summed E-state index contributed by atoms with van der Waals surface area (Å²) in [5.74, 6) is -0.129. The van der Waals surface area contributed by atoms with E-state index in [-0.39, 0.29) is 5.91 Å². The minimum atomic E-state index is -3.72. The number of benzene rings is 2. The van der Waals surface area contributed by atoms with Crippen molar-refractivity contribution in [1.82, 2.24) is 4.90 Å². The zero-order chi connectivity index (χ0) is 21.0. The van der Waals surface area contributed by atoms with Crippen LogP contribution in [-0.4, -0.2) is 45.5 Å². The van der Waals surface area contributed by atoms with Gasteiger partial charge in [0.05, 0.1) is 18.6 Å². The molecule has 0 aromatic heterocycles. The highest BCUT2D eigenvalue weighted by Crippen LogP contribution is 2.20. The molecule has 0 unspecified atom stereocenters. The second-order valence-electron chi connectivity index (χ2n) is 7.25. The van der Waals surface area contributed by atoms with Crippen LogP contribution in [-0.2, 0) is 14.8 Å². The van der Waals surface area contributed by atoms with E-state index in [0.717, 1.165) is 27.7 Å². The lowest BCUT2D eigenvalue weighted by atomic mass is 10.0. The number of aryl methyl sites for hydroxylation is 3. The molecule has 1 saturated heterocycles. The van der Waals surface area contributed by atoms with Gasteiger partial charge in [0.2, 0.25) is 0 Å². The molecule has 2 aromatic carbocycles. The van der Waals surface area contributed by atoms with E-state index in [0.29, 0.717) is 37.6 Å². The zero-order valence-corrected chi connectivity index (χ0v) is 17.8. The number of amides is 1. The first-order chi connectivity index (χ1) is 13.7. The molecule has 0 atom stereocenters. The summed E-state index contributed by atoms with van der Waals surface area (Å²) in [5, 5.41) is 1.16. The summed E-state index contributed by atoms with van der Waals surface area (Å²) < 4.78 is 32.9. The fourth-order valence-electron chi connectivity index (χ4n) is 3.47. The van der Waals surface area contributed by atoms with E-state index in [1.807, 2.05) is 32.9 Å². The van der Waals surface area contributed by atoms with Gasteiger partial charge in [-0.15, -0.1) is 0 Å². The summed E-state index contributed by atoms with van der Waals surface area (Å²) in [7, 11) is -3.72. The van der Waals surface area contributed by atoms with Gasteiger partial charge in [-0.05, 0) is 61.7 Å². The predicted molar refractivity (Wildman–Crippen MR) is 115 cm³/mol. The van der Waals surface area contributed by atoms with E-state index < -0.39 is 10.0 Å². The van der Waals surface area contributed by atoms with E-state index in [4.69, 9.17) is 4.74 Å². The van der Waals surface area contributed by atoms with Gasteiger partial charge in [0, 0.05) is 24.3 Å². The number of rotatable bonds is 5. The highest BCUT2D eigenvalue weighted by Gasteiger charge is 2.19. The van der Waals surface area contributed by atoms with Crippen molar-refractivity contribution in [2.24, 2.45) is 0 Å². The summed E-state index contributed by atoms with van der Waals surface area (Å²) in [5.41, 5.74) is 4.86. The van der Waals surface area contributed by atoms with Crippen LogP contribution in [0.4, 0.5) is 5.69 Å². The molecule has 1 amide bonds. The van der Waals surface area contributed by atoms with Crippen LogP contribution in [0.5, 0.6) is 0 Å². The third-order valence-corrected chi connectivity index (χ3v) is 5.83. The molecule has 154 valence electrons. The maximum absolute atomic E-state index is 12.6. The van der Waals surface area contributed by atoms with Gasteiger partial charge < -0.3 is 9.64 Å². The van der Waals surface area contributed by atoms with Crippen LogP contribution in [0.2, 0.25) is 0 Å². The molecule has 1 aliphatic rings. The molecule has 0 aliphatic carbocycles. The van der Waals surface area contributed by atoms with Crippen molar-refractivity contribution in [2.75, 3.05) is 31.0 Å². The third-order valence-electron chi connectivity index (χ3n) is 4.82. The SMILES string of the molecule is Cc1cc(C)c(C=CS(=O)(=O)Nc2cccc(C(=O)N3CCOCC3)c2)c(C)c1. The van der Waals surface area contributed by atoms with E-state index >= 15 is 0 Å². The van der Waals surface area contributed by atoms with Crippen LogP contribution in [0.3, 0.4) is 0 Å². The Bertz CT molecular complexity index is 1020. The van der Waals surface area contributed by atoms with Gasteiger partial charge in [-0.3, -0.25) is 9.52 Å². The van der Waals surface area contributed by atoms with Gasteiger partial charge in [-0.1, -0.05) is 23.8 Å². The molecule has 0 saturated carbocycles. The number of morpholine rings is 1. The van der Waals surface area contributed by atoms with Gasteiger partial charge in [-0.2, -0.15) is 0 Å². The molecule has 29 heavy (non-hydrogen) atoms. The van der Waals surface area contributed by atoms with Gasteiger partial charge in [-0.25, -0.2) is 8.42 Å². The minimum Gasteiger partial charge on any atom is -0.378 e. The molecule has 6 nitrogen and oxygen atoms in total. The van der Waals surface area contributed by atoms with E-state index in [9.17, 15) is 13.2 Å². The second-order valence-corrected chi connectivity index (χ2v) is 8.81. The molecule has 7 heteroatoms. The van der Waals surface area contributed by atoms with Crippen LogP contribution >= 0.6 is 0 Å². The predicted octanol–water partition coefficient (Wildman–Crippen LogP) is 3.50. The van der Waals surface area contributed by atoms with Gasteiger partial charge in [0.15, 0.2) is 0 Å². The van der Waals surface area contributed by atoms with Crippen LogP contribution in [0.1, 0.15) is 32.6 Å². The summed E-state index contributed by atoms with van der Waals surface area (Å²) in [6.07, 6.45) is 1.61. The summed E-state index contributed by atoms with van der Waals surface area (Å²) >= 11 is 0. The molecule has 1 aliphatic heterocycles. The number of anilines is 1. The van der Waals surface area contributed by atoms with Crippen molar-refractivity contribution < 1.29 is 17.9 Å². The zero-order valence-electron chi connectivity index (χ0n) is 16.9. The number of carbonyl (C=O) groups excluding carboxylic acids is 1. The average molecular weight is 415 g/mol. The molecular formula is C22H26N2O4S. The number of nitrogens with one attached hydrogen (secondary N) is 1. The molecular weight excluding hydrogens is 388 g/mol. The fourth-order valence-corrected chi connectivity index (χ4v) is 4.31. The number of hydrogen-bond donors (Lipinski definition) is 1. The van der Waals surface area contributed by atoms with E-state index in [1.54, 1.807) is 35.2 Å². The van der Waals surface area contributed by atoms with Gasteiger partial charge in [0.25, 0.3) is 15.9 Å². The second kappa shape index (κ2) is 8.80. The Morgan fingerprint density at radius 2 is 1.72 bits per heavy atom. The number of carbonyl (C=O) groups is 1. The molecule has 0 spiro atoms. The first-order valence-corrected chi connectivity index (χ1v) is 11.1. The van der Waals surface area contributed by atoms with Gasteiger partial charge >= 0.3 is 0 Å². The van der Waals surface area contributed by atoms with Crippen molar-refractivity contribution in [3.05, 3.63) is 69.6 Å². The Kier molecular flexibility index (Phi) is 6.39. The van der Waals surface area contributed by atoms with Crippen LogP contribution in [0, 0.1) is 20.8 Å². The van der Waals surface area contributed by atoms with Crippen molar-refractivity contribution in [2.45, 2.75) is 20.8 Å². The maximum atomic E-state index is 12.6.